The molecular formula is C20H26N2O2. The second kappa shape index (κ2) is 6.81. The van der Waals surface area contributed by atoms with E-state index in [1.54, 1.807) is 0 Å². The third-order valence-electron chi connectivity index (χ3n) is 4.25. The molecule has 1 N–H and O–H groups in total. The van der Waals surface area contributed by atoms with Gasteiger partial charge in [-0.15, -0.1) is 0 Å². The number of aromatic nitrogens is 1. The Morgan fingerprint density at radius 3 is 2.58 bits per heavy atom. The molecular weight excluding hydrogens is 300 g/mol. The lowest BCUT2D eigenvalue weighted by atomic mass is 9.97. The number of nitrogens with one attached hydrogen (secondary N) is 1. The molecule has 4 nitrogen and oxygen atoms in total. The van der Waals surface area contributed by atoms with E-state index in [0.29, 0.717) is 13.0 Å². The van der Waals surface area contributed by atoms with E-state index in [2.05, 4.69) is 30.7 Å². The minimum atomic E-state index is 0.109. The van der Waals surface area contributed by atoms with Crippen molar-refractivity contribution in [1.82, 2.24) is 9.88 Å². The van der Waals surface area contributed by atoms with Gasteiger partial charge in [0.15, 0.2) is 5.78 Å². The van der Waals surface area contributed by atoms with Gasteiger partial charge in [0.1, 0.15) is 12.4 Å². The Labute approximate surface area is 143 Å². The molecule has 1 aromatic heterocycles. The highest BCUT2D eigenvalue weighted by Gasteiger charge is 2.20. The third kappa shape index (κ3) is 3.88. The summed E-state index contributed by atoms with van der Waals surface area (Å²) in [5.74, 6) is 1.13. The molecule has 0 spiro atoms. The highest BCUT2D eigenvalue weighted by Crippen LogP contribution is 2.26. The number of rotatable bonds is 5. The van der Waals surface area contributed by atoms with Crippen molar-refractivity contribution in [1.29, 1.82) is 0 Å². The van der Waals surface area contributed by atoms with Crippen LogP contribution in [-0.2, 0) is 6.42 Å². The summed E-state index contributed by atoms with van der Waals surface area (Å²) in [6.07, 6.45) is 4.58. The molecule has 1 aromatic carbocycles. The Morgan fingerprint density at radius 1 is 1.12 bits per heavy atom. The van der Waals surface area contributed by atoms with Gasteiger partial charge in [0, 0.05) is 41.6 Å². The first-order valence-corrected chi connectivity index (χ1v) is 8.66. The van der Waals surface area contributed by atoms with E-state index < -0.39 is 0 Å². The average Bonchev–Trinajstić information content (AvgIpc) is 2.97. The van der Waals surface area contributed by atoms with Crippen LogP contribution in [0.3, 0.4) is 0 Å². The normalized spacial score (nSPS) is 14.5. The zero-order chi connectivity index (χ0) is 17.2. The number of ether oxygens (including phenoxy) is 1. The minimum absolute atomic E-state index is 0.109. The maximum atomic E-state index is 12.0. The van der Waals surface area contributed by atoms with Crippen LogP contribution >= 0.6 is 0 Å². The predicted molar refractivity (Wildman–Crippen MR) is 96.3 cm³/mol. The second-order valence-corrected chi connectivity index (χ2v) is 7.34. The summed E-state index contributed by atoms with van der Waals surface area (Å²) >= 11 is 0. The number of fused-ring (bicyclic) bond motifs is 1. The zero-order valence-corrected chi connectivity index (χ0v) is 14.8. The molecule has 0 saturated carbocycles. The number of Topliss-reactive ketones (excluding diaryl/α,β-unsaturated/α-hetero) is 1. The van der Waals surface area contributed by atoms with E-state index >= 15 is 0 Å². The number of carbonyl (C=O) groups is 1. The maximum Gasteiger partial charge on any atom is 0.164 e. The first-order chi connectivity index (χ1) is 11.4. The van der Waals surface area contributed by atoms with Gasteiger partial charge in [0.2, 0.25) is 0 Å². The lowest BCUT2D eigenvalue weighted by Crippen LogP contribution is -2.38. The highest BCUT2D eigenvalue weighted by atomic mass is 16.5. The fourth-order valence-electron chi connectivity index (χ4n) is 3.06. The molecule has 0 amide bonds. The fourth-order valence-corrected chi connectivity index (χ4v) is 3.06. The number of hydrogen-bond acceptors (Lipinski definition) is 3. The first-order valence-electron chi connectivity index (χ1n) is 8.66. The molecule has 1 heterocycles. The summed E-state index contributed by atoms with van der Waals surface area (Å²) in [7, 11) is 0. The SMILES string of the molecule is CC(C)(C)NCCOc1ccc(-n2ccc3c2CCCC3=O)cc1. The molecule has 0 saturated heterocycles. The predicted octanol–water partition coefficient (Wildman–Crippen LogP) is 3.76. The summed E-state index contributed by atoms with van der Waals surface area (Å²) in [5.41, 5.74) is 3.20. The van der Waals surface area contributed by atoms with Gasteiger partial charge in [-0.05, 0) is 63.9 Å². The lowest BCUT2D eigenvalue weighted by molar-refractivity contribution is 0.0972. The molecule has 0 atom stereocenters. The van der Waals surface area contributed by atoms with Gasteiger partial charge in [-0.1, -0.05) is 0 Å². The van der Waals surface area contributed by atoms with Gasteiger partial charge < -0.3 is 14.6 Å². The van der Waals surface area contributed by atoms with Crippen LogP contribution in [0, 0.1) is 0 Å². The fraction of sp³-hybridized carbons (Fsp3) is 0.450. The van der Waals surface area contributed by atoms with Crippen LogP contribution in [0.5, 0.6) is 5.75 Å². The van der Waals surface area contributed by atoms with E-state index in [1.165, 1.54) is 0 Å². The van der Waals surface area contributed by atoms with Crippen molar-refractivity contribution in [3.63, 3.8) is 0 Å². The maximum absolute atomic E-state index is 12.0. The Morgan fingerprint density at radius 2 is 1.88 bits per heavy atom. The Hall–Kier alpha value is -2.07. The number of hydrogen-bond donors (Lipinski definition) is 1. The third-order valence-corrected chi connectivity index (χ3v) is 4.25. The molecule has 2 aromatic rings. The van der Waals surface area contributed by atoms with Gasteiger partial charge in [-0.2, -0.15) is 0 Å². The van der Waals surface area contributed by atoms with E-state index in [-0.39, 0.29) is 11.3 Å². The Kier molecular flexibility index (Phi) is 4.76. The quantitative estimate of drug-likeness (QED) is 0.851. The monoisotopic (exact) mass is 326 g/mol. The minimum Gasteiger partial charge on any atom is -0.492 e. The molecule has 0 bridgehead atoms. The average molecular weight is 326 g/mol. The van der Waals surface area contributed by atoms with Crippen molar-refractivity contribution < 1.29 is 9.53 Å². The number of benzene rings is 1. The molecule has 128 valence electrons. The van der Waals surface area contributed by atoms with Crippen molar-refractivity contribution in [2.24, 2.45) is 0 Å². The summed E-state index contributed by atoms with van der Waals surface area (Å²) in [4.78, 5) is 12.0. The molecule has 0 radical (unpaired) electrons. The molecule has 1 aliphatic rings. The van der Waals surface area contributed by atoms with Crippen molar-refractivity contribution in [3.05, 3.63) is 47.8 Å². The topological polar surface area (TPSA) is 43.3 Å². The van der Waals surface area contributed by atoms with Gasteiger partial charge in [-0.25, -0.2) is 0 Å². The van der Waals surface area contributed by atoms with Crippen LogP contribution in [0.1, 0.15) is 49.7 Å². The van der Waals surface area contributed by atoms with Crippen molar-refractivity contribution in [2.75, 3.05) is 13.2 Å². The number of nitrogens with zero attached hydrogens (tertiary/aromatic N) is 1. The molecule has 0 aliphatic heterocycles. The largest absolute Gasteiger partial charge is 0.492 e. The van der Waals surface area contributed by atoms with Crippen LogP contribution in [0.4, 0.5) is 0 Å². The first kappa shape index (κ1) is 16.8. The van der Waals surface area contributed by atoms with Gasteiger partial charge in [-0.3, -0.25) is 4.79 Å². The molecule has 4 heteroatoms. The summed E-state index contributed by atoms with van der Waals surface area (Å²) < 4.78 is 7.90. The number of ketones is 1. The van der Waals surface area contributed by atoms with E-state index in [0.717, 1.165) is 42.1 Å². The van der Waals surface area contributed by atoms with E-state index in [4.69, 9.17) is 4.74 Å². The van der Waals surface area contributed by atoms with Crippen LogP contribution in [0.25, 0.3) is 5.69 Å². The zero-order valence-electron chi connectivity index (χ0n) is 14.8. The molecule has 0 unspecified atom stereocenters. The summed E-state index contributed by atoms with van der Waals surface area (Å²) in [6.45, 7) is 7.89. The van der Waals surface area contributed by atoms with E-state index in [9.17, 15) is 4.79 Å². The number of carbonyl (C=O) groups excluding carboxylic acids is 1. The van der Waals surface area contributed by atoms with Crippen molar-refractivity contribution in [3.8, 4) is 11.4 Å². The molecule has 0 fully saturated rings. The van der Waals surface area contributed by atoms with Crippen LogP contribution in [-0.4, -0.2) is 29.0 Å². The van der Waals surface area contributed by atoms with Gasteiger partial charge in [0.05, 0.1) is 0 Å². The van der Waals surface area contributed by atoms with Gasteiger partial charge in [0.25, 0.3) is 0 Å². The highest BCUT2D eigenvalue weighted by molar-refractivity contribution is 5.98. The van der Waals surface area contributed by atoms with Gasteiger partial charge >= 0.3 is 0 Å². The Bertz CT molecular complexity index is 708. The molecule has 24 heavy (non-hydrogen) atoms. The van der Waals surface area contributed by atoms with Crippen LogP contribution in [0.15, 0.2) is 36.5 Å². The van der Waals surface area contributed by atoms with E-state index in [1.807, 2.05) is 36.5 Å². The second-order valence-electron chi connectivity index (χ2n) is 7.34. The Balaban J connectivity index is 1.64. The summed E-state index contributed by atoms with van der Waals surface area (Å²) in [6, 6.07) is 10.0. The molecule has 1 aliphatic carbocycles. The van der Waals surface area contributed by atoms with Crippen LogP contribution in [0.2, 0.25) is 0 Å². The summed E-state index contributed by atoms with van der Waals surface area (Å²) in [5, 5.41) is 3.40. The van der Waals surface area contributed by atoms with Crippen LogP contribution < -0.4 is 10.1 Å². The molecule has 3 rings (SSSR count). The van der Waals surface area contributed by atoms with Crippen molar-refractivity contribution >= 4 is 5.78 Å². The standard InChI is InChI=1S/C20H26N2O2/c1-20(2,3)21-12-14-24-16-9-7-15(8-10-16)22-13-11-17-18(22)5-4-6-19(17)23/h7-11,13,21H,4-6,12,14H2,1-3H3. The lowest BCUT2D eigenvalue weighted by Gasteiger charge is -2.20. The smallest absolute Gasteiger partial charge is 0.164 e. The van der Waals surface area contributed by atoms with Crippen molar-refractivity contribution in [2.45, 2.75) is 45.6 Å².